The summed E-state index contributed by atoms with van der Waals surface area (Å²) in [5.74, 6) is 0. The second-order valence-corrected chi connectivity index (χ2v) is 6.63. The van der Waals surface area contributed by atoms with Gasteiger partial charge in [0.2, 0.25) is 0 Å². The summed E-state index contributed by atoms with van der Waals surface area (Å²) in [6.45, 7) is 0. The molecule has 0 saturated carbocycles. The van der Waals surface area contributed by atoms with Gasteiger partial charge in [0.1, 0.15) is 0 Å². The van der Waals surface area contributed by atoms with Crippen molar-refractivity contribution >= 4 is 68.7 Å². The molecule has 1 aliphatic rings. The number of alkyl halides is 2. The summed E-state index contributed by atoms with van der Waals surface area (Å²) in [7, 11) is 0. The lowest BCUT2D eigenvalue weighted by molar-refractivity contribution is -0.113. The average Bonchev–Trinajstić information content (AvgIpc) is 2.30. The molecule has 0 aromatic rings. The van der Waals surface area contributed by atoms with E-state index in [0.29, 0.717) is 0 Å². The number of hydrogen-bond acceptors (Lipinski definition) is 3. The fraction of sp³-hybridized carbons (Fsp3) is 0.667. The molecule has 2 nitrogen and oxygen atoms in total. The van der Waals surface area contributed by atoms with Crippen molar-refractivity contribution in [2.24, 2.45) is 0 Å². The van der Waals surface area contributed by atoms with Crippen LogP contribution in [0.4, 0.5) is 0 Å². The van der Waals surface area contributed by atoms with Crippen LogP contribution in [0.25, 0.3) is 0 Å². The van der Waals surface area contributed by atoms with E-state index in [9.17, 15) is 9.59 Å². The summed E-state index contributed by atoms with van der Waals surface area (Å²) < 4.78 is -2.62. The van der Waals surface area contributed by atoms with E-state index in [2.05, 4.69) is 0 Å². The minimum atomic E-state index is -1.31. The molecular weight excluding hydrogens is 278 g/mol. The SMILES string of the molecule is O=C(Cl)C1(Cl)CCC(Cl)(C(=O)Cl)S1. The summed E-state index contributed by atoms with van der Waals surface area (Å²) in [6, 6.07) is 0. The topological polar surface area (TPSA) is 34.1 Å². The molecule has 0 radical (unpaired) electrons. The fourth-order valence-electron chi connectivity index (χ4n) is 0.957. The lowest BCUT2D eigenvalue weighted by atomic mass is 10.2. The van der Waals surface area contributed by atoms with Gasteiger partial charge in [0, 0.05) is 0 Å². The van der Waals surface area contributed by atoms with Gasteiger partial charge in [0.15, 0.2) is 8.41 Å². The van der Waals surface area contributed by atoms with Crippen molar-refractivity contribution in [3.8, 4) is 0 Å². The van der Waals surface area contributed by atoms with Crippen LogP contribution in [0.2, 0.25) is 0 Å². The minimum absolute atomic E-state index is 0.240. The molecule has 0 aromatic heterocycles. The smallest absolute Gasteiger partial charge is 0.252 e. The first kappa shape index (κ1) is 11.9. The van der Waals surface area contributed by atoms with Crippen LogP contribution < -0.4 is 0 Å². The molecule has 1 rings (SSSR count). The summed E-state index contributed by atoms with van der Waals surface area (Å²) >= 11 is 22.9. The van der Waals surface area contributed by atoms with Crippen molar-refractivity contribution in [3.05, 3.63) is 0 Å². The van der Waals surface area contributed by atoms with E-state index in [0.717, 1.165) is 11.8 Å². The number of hydrogen-bond donors (Lipinski definition) is 0. The maximum absolute atomic E-state index is 10.9. The summed E-state index contributed by atoms with van der Waals surface area (Å²) in [5, 5.41) is -1.45. The molecule has 2 atom stereocenters. The third kappa shape index (κ3) is 2.26. The van der Waals surface area contributed by atoms with Gasteiger partial charge in [0.25, 0.3) is 10.5 Å². The molecule has 0 amide bonds. The van der Waals surface area contributed by atoms with Crippen molar-refractivity contribution in [1.29, 1.82) is 0 Å². The zero-order chi connectivity index (χ0) is 10.3. The Morgan fingerprint density at radius 3 is 1.46 bits per heavy atom. The number of thioether (sulfide) groups is 1. The zero-order valence-electron chi connectivity index (χ0n) is 6.15. The molecule has 0 aliphatic carbocycles. The molecule has 0 aromatic carbocycles. The van der Waals surface area contributed by atoms with Gasteiger partial charge in [-0.15, -0.1) is 0 Å². The van der Waals surface area contributed by atoms with E-state index in [1.54, 1.807) is 0 Å². The maximum Gasteiger partial charge on any atom is 0.252 e. The Labute approximate surface area is 99.2 Å². The van der Waals surface area contributed by atoms with Crippen LogP contribution in [0.15, 0.2) is 0 Å². The Balaban J connectivity index is 2.85. The van der Waals surface area contributed by atoms with Crippen LogP contribution in [-0.2, 0) is 9.59 Å². The van der Waals surface area contributed by atoms with Crippen LogP contribution in [-0.4, -0.2) is 18.9 Å². The summed E-state index contributed by atoms with van der Waals surface area (Å²) in [5.41, 5.74) is 0. The molecule has 1 fully saturated rings. The Hall–Kier alpha value is 0.850. The molecule has 0 bridgehead atoms. The monoisotopic (exact) mass is 280 g/mol. The highest BCUT2D eigenvalue weighted by Gasteiger charge is 2.54. The maximum atomic E-state index is 10.9. The Bertz CT molecular complexity index is 245. The van der Waals surface area contributed by atoms with Gasteiger partial charge in [-0.3, -0.25) is 9.59 Å². The molecule has 7 heteroatoms. The van der Waals surface area contributed by atoms with Gasteiger partial charge < -0.3 is 0 Å². The fourth-order valence-corrected chi connectivity index (χ4v) is 3.56. The van der Waals surface area contributed by atoms with E-state index >= 15 is 0 Å². The molecule has 13 heavy (non-hydrogen) atoms. The third-order valence-corrected chi connectivity index (χ3v) is 5.35. The summed E-state index contributed by atoms with van der Waals surface area (Å²) in [6.07, 6.45) is 0.479. The predicted octanol–water partition coefficient (Wildman–Crippen LogP) is 2.91. The van der Waals surface area contributed by atoms with Crippen LogP contribution >= 0.6 is 58.2 Å². The minimum Gasteiger partial charge on any atom is -0.278 e. The van der Waals surface area contributed by atoms with Crippen LogP contribution in [0.3, 0.4) is 0 Å². The standard InChI is InChI=1S/C6H4Cl4O2S/c7-3(11)5(9)1-2-6(10,13-5)4(8)12/h1-2H2. The number of carbonyl (C=O) groups excluding carboxylic acids is 2. The van der Waals surface area contributed by atoms with E-state index in [1.165, 1.54) is 0 Å². The van der Waals surface area contributed by atoms with E-state index < -0.39 is 18.9 Å². The highest BCUT2D eigenvalue weighted by molar-refractivity contribution is 8.06. The zero-order valence-corrected chi connectivity index (χ0v) is 9.99. The Morgan fingerprint density at radius 2 is 1.31 bits per heavy atom. The van der Waals surface area contributed by atoms with E-state index in [-0.39, 0.29) is 12.8 Å². The highest BCUT2D eigenvalue weighted by atomic mass is 35.5. The highest BCUT2D eigenvalue weighted by Crippen LogP contribution is 2.56. The van der Waals surface area contributed by atoms with Crippen molar-refractivity contribution in [1.82, 2.24) is 0 Å². The molecule has 74 valence electrons. The van der Waals surface area contributed by atoms with E-state index in [1.807, 2.05) is 0 Å². The second-order valence-electron chi connectivity index (χ2n) is 2.61. The quantitative estimate of drug-likeness (QED) is 0.577. The summed E-state index contributed by atoms with van der Waals surface area (Å²) in [4.78, 5) is 21.8. The first-order valence-electron chi connectivity index (χ1n) is 3.28. The molecule has 0 spiro atoms. The van der Waals surface area contributed by atoms with Crippen LogP contribution in [0, 0.1) is 0 Å². The predicted molar refractivity (Wildman–Crippen MR) is 55.7 cm³/mol. The van der Waals surface area contributed by atoms with Crippen molar-refractivity contribution < 1.29 is 9.59 Å². The molecule has 1 aliphatic heterocycles. The van der Waals surface area contributed by atoms with Gasteiger partial charge in [-0.2, -0.15) is 0 Å². The number of rotatable bonds is 2. The first-order valence-corrected chi connectivity index (χ1v) is 5.61. The average molecular weight is 282 g/mol. The number of halogens is 4. The Kier molecular flexibility index (Phi) is 3.47. The third-order valence-electron chi connectivity index (χ3n) is 1.68. The van der Waals surface area contributed by atoms with Gasteiger partial charge in [-0.25, -0.2) is 0 Å². The van der Waals surface area contributed by atoms with Crippen LogP contribution in [0.5, 0.6) is 0 Å². The Morgan fingerprint density at radius 1 is 1.00 bits per heavy atom. The van der Waals surface area contributed by atoms with E-state index in [4.69, 9.17) is 46.4 Å². The van der Waals surface area contributed by atoms with Crippen molar-refractivity contribution in [2.45, 2.75) is 21.3 Å². The normalized spacial score (nSPS) is 39.1. The first-order chi connectivity index (χ1) is 5.80. The lowest BCUT2D eigenvalue weighted by Gasteiger charge is -2.18. The molecule has 1 heterocycles. The lowest BCUT2D eigenvalue weighted by Crippen LogP contribution is -2.25. The molecule has 0 N–H and O–H groups in total. The molecular formula is C6H4Cl4O2S. The second kappa shape index (κ2) is 3.78. The molecule has 1 saturated heterocycles. The molecule has 2 unspecified atom stereocenters. The largest absolute Gasteiger partial charge is 0.278 e. The van der Waals surface area contributed by atoms with Gasteiger partial charge >= 0.3 is 0 Å². The van der Waals surface area contributed by atoms with Gasteiger partial charge in [-0.1, -0.05) is 35.0 Å². The van der Waals surface area contributed by atoms with Crippen LogP contribution in [0.1, 0.15) is 12.8 Å². The number of carbonyl (C=O) groups is 2. The van der Waals surface area contributed by atoms with Crippen molar-refractivity contribution in [2.75, 3.05) is 0 Å². The van der Waals surface area contributed by atoms with Gasteiger partial charge in [0.05, 0.1) is 0 Å². The van der Waals surface area contributed by atoms with Crippen molar-refractivity contribution in [3.63, 3.8) is 0 Å². The van der Waals surface area contributed by atoms with Gasteiger partial charge in [-0.05, 0) is 36.0 Å².